The summed E-state index contributed by atoms with van der Waals surface area (Å²) in [5, 5.41) is 6.00. The monoisotopic (exact) mass is 305 g/mol. The van der Waals surface area contributed by atoms with Gasteiger partial charge in [-0.05, 0) is 46.1 Å². The highest BCUT2D eigenvalue weighted by Gasteiger charge is 2.25. The lowest BCUT2D eigenvalue weighted by atomic mass is 10.00. The Morgan fingerprint density at radius 3 is 2.55 bits per heavy atom. The third-order valence-corrected chi connectivity index (χ3v) is 4.45. The molecular formula is C13H27N3O3S. The molecule has 0 aliphatic carbocycles. The van der Waals surface area contributed by atoms with Crippen molar-refractivity contribution in [3.05, 3.63) is 0 Å². The lowest BCUT2D eigenvalue weighted by Gasteiger charge is -2.31. The molecule has 1 amide bonds. The summed E-state index contributed by atoms with van der Waals surface area (Å²) < 4.78 is 24.5. The summed E-state index contributed by atoms with van der Waals surface area (Å²) in [6.45, 7) is 7.92. The highest BCUT2D eigenvalue weighted by molar-refractivity contribution is 7.88. The zero-order valence-corrected chi connectivity index (χ0v) is 13.7. The van der Waals surface area contributed by atoms with Gasteiger partial charge < -0.3 is 10.6 Å². The summed E-state index contributed by atoms with van der Waals surface area (Å²) in [5.41, 5.74) is -0.226. The minimum absolute atomic E-state index is 0.0340. The summed E-state index contributed by atoms with van der Waals surface area (Å²) in [6, 6.07) is 0. The third kappa shape index (κ3) is 6.67. The van der Waals surface area contributed by atoms with Crippen molar-refractivity contribution in [3.63, 3.8) is 0 Å². The highest BCUT2D eigenvalue weighted by Crippen LogP contribution is 2.17. The molecule has 1 unspecified atom stereocenters. The van der Waals surface area contributed by atoms with Crippen LogP contribution in [0.1, 0.15) is 33.6 Å². The third-order valence-electron chi connectivity index (χ3n) is 3.18. The summed E-state index contributed by atoms with van der Waals surface area (Å²) in [4.78, 5) is 11.6. The molecule has 0 aromatic heterocycles. The topological polar surface area (TPSA) is 78.5 Å². The first-order chi connectivity index (χ1) is 9.08. The molecule has 0 radical (unpaired) electrons. The maximum absolute atomic E-state index is 11.6. The predicted octanol–water partition coefficient (Wildman–Crippen LogP) is 0.162. The van der Waals surface area contributed by atoms with E-state index in [9.17, 15) is 13.2 Å². The number of rotatable bonds is 5. The summed E-state index contributed by atoms with van der Waals surface area (Å²) >= 11 is 0. The second-order valence-electron chi connectivity index (χ2n) is 6.56. The zero-order chi connectivity index (χ0) is 15.4. The van der Waals surface area contributed by atoms with E-state index in [1.165, 1.54) is 10.6 Å². The van der Waals surface area contributed by atoms with Crippen LogP contribution in [0.2, 0.25) is 0 Å². The number of piperidine rings is 1. The summed E-state index contributed by atoms with van der Waals surface area (Å²) in [7, 11) is -3.10. The number of hydrogen-bond acceptors (Lipinski definition) is 4. The van der Waals surface area contributed by atoms with Crippen LogP contribution in [0.4, 0.5) is 0 Å². The SMILES string of the molecule is CC(C)(C)NC(=O)CNCC1CCCN(S(C)(=O)=O)C1. The summed E-state index contributed by atoms with van der Waals surface area (Å²) in [5.74, 6) is 0.245. The molecule has 1 atom stereocenters. The van der Waals surface area contributed by atoms with Gasteiger partial charge in [-0.3, -0.25) is 4.79 Å². The molecule has 0 aromatic carbocycles. The fourth-order valence-corrected chi connectivity index (χ4v) is 3.29. The van der Waals surface area contributed by atoms with Crippen LogP contribution in [0.25, 0.3) is 0 Å². The van der Waals surface area contributed by atoms with E-state index in [1.807, 2.05) is 20.8 Å². The van der Waals surface area contributed by atoms with Gasteiger partial charge in [-0.15, -0.1) is 0 Å². The molecule has 0 bridgehead atoms. The molecule has 0 spiro atoms. The number of nitrogens with one attached hydrogen (secondary N) is 2. The van der Waals surface area contributed by atoms with E-state index in [0.717, 1.165) is 12.8 Å². The van der Waals surface area contributed by atoms with E-state index in [1.54, 1.807) is 0 Å². The van der Waals surface area contributed by atoms with E-state index < -0.39 is 10.0 Å². The molecule has 1 heterocycles. The predicted molar refractivity (Wildman–Crippen MR) is 79.9 cm³/mol. The molecule has 0 saturated carbocycles. The minimum atomic E-state index is -3.10. The van der Waals surface area contributed by atoms with E-state index in [0.29, 0.717) is 19.6 Å². The summed E-state index contributed by atoms with van der Waals surface area (Å²) in [6.07, 6.45) is 3.13. The van der Waals surface area contributed by atoms with Gasteiger partial charge in [0.1, 0.15) is 0 Å². The van der Waals surface area contributed by atoms with Gasteiger partial charge in [0.15, 0.2) is 0 Å². The fraction of sp³-hybridized carbons (Fsp3) is 0.923. The van der Waals surface area contributed by atoms with E-state index >= 15 is 0 Å². The van der Waals surface area contributed by atoms with Gasteiger partial charge in [0.05, 0.1) is 12.8 Å². The Bertz CT molecular complexity index is 429. The lowest BCUT2D eigenvalue weighted by Crippen LogP contribution is -2.47. The maximum atomic E-state index is 11.6. The average molecular weight is 305 g/mol. The molecule has 20 heavy (non-hydrogen) atoms. The van der Waals surface area contributed by atoms with Crippen molar-refractivity contribution in [2.75, 3.05) is 32.4 Å². The first kappa shape index (κ1) is 17.4. The average Bonchev–Trinajstić information content (AvgIpc) is 2.25. The number of carbonyl (C=O) groups is 1. The lowest BCUT2D eigenvalue weighted by molar-refractivity contribution is -0.121. The van der Waals surface area contributed by atoms with Crippen molar-refractivity contribution < 1.29 is 13.2 Å². The molecular weight excluding hydrogens is 278 g/mol. The first-order valence-corrected chi connectivity index (χ1v) is 8.89. The van der Waals surface area contributed by atoms with Crippen LogP contribution in [0, 0.1) is 5.92 Å². The normalized spacial score (nSPS) is 21.7. The Hall–Kier alpha value is -0.660. The molecule has 1 rings (SSSR count). The molecule has 1 aliphatic rings. The Morgan fingerprint density at radius 1 is 1.35 bits per heavy atom. The Kier molecular flexibility index (Phi) is 5.97. The van der Waals surface area contributed by atoms with E-state index in [2.05, 4.69) is 10.6 Å². The standard InChI is InChI=1S/C13H27N3O3S/c1-13(2,3)15-12(17)9-14-8-11-6-5-7-16(10-11)20(4,18)19/h11,14H,5-10H2,1-4H3,(H,15,17). The molecule has 118 valence electrons. The van der Waals surface area contributed by atoms with E-state index in [4.69, 9.17) is 0 Å². The van der Waals surface area contributed by atoms with Crippen LogP contribution in [-0.2, 0) is 14.8 Å². The van der Waals surface area contributed by atoms with Crippen molar-refractivity contribution in [1.82, 2.24) is 14.9 Å². The van der Waals surface area contributed by atoms with Crippen LogP contribution in [0.3, 0.4) is 0 Å². The number of carbonyl (C=O) groups excluding carboxylic acids is 1. The van der Waals surface area contributed by atoms with Gasteiger partial charge in [0.25, 0.3) is 0 Å². The Labute approximate surface area is 122 Å². The fourth-order valence-electron chi connectivity index (χ4n) is 2.35. The minimum Gasteiger partial charge on any atom is -0.350 e. The van der Waals surface area contributed by atoms with Crippen molar-refractivity contribution >= 4 is 15.9 Å². The molecule has 0 aromatic rings. The number of sulfonamides is 1. The first-order valence-electron chi connectivity index (χ1n) is 7.05. The van der Waals surface area contributed by atoms with Crippen molar-refractivity contribution in [2.24, 2.45) is 5.92 Å². The molecule has 6 nitrogen and oxygen atoms in total. The second kappa shape index (κ2) is 6.87. The van der Waals surface area contributed by atoms with Crippen LogP contribution < -0.4 is 10.6 Å². The Morgan fingerprint density at radius 2 is 2.00 bits per heavy atom. The zero-order valence-electron chi connectivity index (χ0n) is 12.9. The molecule has 7 heteroatoms. The van der Waals surface area contributed by atoms with Gasteiger partial charge in [-0.1, -0.05) is 0 Å². The van der Waals surface area contributed by atoms with Crippen LogP contribution >= 0.6 is 0 Å². The smallest absolute Gasteiger partial charge is 0.234 e. The number of hydrogen-bond donors (Lipinski definition) is 2. The molecule has 1 aliphatic heterocycles. The van der Waals surface area contributed by atoms with Gasteiger partial charge in [-0.25, -0.2) is 12.7 Å². The van der Waals surface area contributed by atoms with Crippen molar-refractivity contribution in [3.8, 4) is 0 Å². The maximum Gasteiger partial charge on any atom is 0.234 e. The number of nitrogens with zero attached hydrogens (tertiary/aromatic N) is 1. The van der Waals surface area contributed by atoms with Crippen molar-refractivity contribution in [1.29, 1.82) is 0 Å². The van der Waals surface area contributed by atoms with Crippen LogP contribution in [0.15, 0.2) is 0 Å². The van der Waals surface area contributed by atoms with Gasteiger partial charge >= 0.3 is 0 Å². The largest absolute Gasteiger partial charge is 0.350 e. The van der Waals surface area contributed by atoms with Crippen molar-refractivity contribution in [2.45, 2.75) is 39.2 Å². The van der Waals surface area contributed by atoms with E-state index in [-0.39, 0.29) is 23.9 Å². The van der Waals surface area contributed by atoms with Gasteiger partial charge in [0.2, 0.25) is 15.9 Å². The second-order valence-corrected chi connectivity index (χ2v) is 8.54. The molecule has 2 N–H and O–H groups in total. The quantitative estimate of drug-likeness (QED) is 0.758. The van der Waals surface area contributed by atoms with Crippen LogP contribution in [-0.4, -0.2) is 56.6 Å². The van der Waals surface area contributed by atoms with Gasteiger partial charge in [0, 0.05) is 18.6 Å². The highest BCUT2D eigenvalue weighted by atomic mass is 32.2. The Balaban J connectivity index is 2.30. The molecule has 1 saturated heterocycles. The number of amides is 1. The molecule has 1 fully saturated rings. The van der Waals surface area contributed by atoms with Crippen LogP contribution in [0.5, 0.6) is 0 Å². The van der Waals surface area contributed by atoms with Gasteiger partial charge in [-0.2, -0.15) is 0 Å².